The van der Waals surface area contributed by atoms with Crippen LogP contribution in [0.4, 0.5) is 4.39 Å². The third kappa shape index (κ3) is 4.04. The second-order valence-corrected chi connectivity index (χ2v) is 11.0. The molecule has 0 saturated heterocycles. The van der Waals surface area contributed by atoms with Gasteiger partial charge in [0.2, 0.25) is 0 Å². The standard InChI is InChI=1S/C21H21ClFN3O5S/c1-32(30,31)21(6-7-21)12-25-8-9-26-17(20(25)29)5-3-14(19(26)28)18(27)24-11-13-2-4-15(22)16(23)10-13/h2-5,10H,6-9,11-12H2,1H3,(H,24,27). The fourth-order valence-electron chi connectivity index (χ4n) is 3.86. The van der Waals surface area contributed by atoms with Gasteiger partial charge in [-0.05, 0) is 42.7 Å². The molecular formula is C21H21ClFN3O5S. The van der Waals surface area contributed by atoms with Crippen molar-refractivity contribution in [1.82, 2.24) is 14.8 Å². The number of halogens is 2. The Balaban J connectivity index is 1.50. The number of fused-ring (bicyclic) bond motifs is 1. The lowest BCUT2D eigenvalue weighted by Gasteiger charge is -2.32. The molecule has 1 saturated carbocycles. The van der Waals surface area contributed by atoms with E-state index >= 15 is 0 Å². The van der Waals surface area contributed by atoms with Crippen molar-refractivity contribution in [2.75, 3.05) is 19.3 Å². The number of nitrogens with zero attached hydrogens (tertiary/aromatic N) is 2. The van der Waals surface area contributed by atoms with Gasteiger partial charge in [-0.1, -0.05) is 17.7 Å². The average Bonchev–Trinajstić information content (AvgIpc) is 3.52. The molecule has 4 rings (SSSR count). The normalized spacial score (nSPS) is 17.1. The zero-order valence-electron chi connectivity index (χ0n) is 17.2. The summed E-state index contributed by atoms with van der Waals surface area (Å²) in [5.41, 5.74) is -0.162. The number of carbonyl (C=O) groups is 2. The number of hydrogen-bond donors (Lipinski definition) is 1. The van der Waals surface area contributed by atoms with E-state index in [1.54, 1.807) is 6.07 Å². The molecule has 1 aromatic heterocycles. The van der Waals surface area contributed by atoms with E-state index < -0.39 is 37.8 Å². The molecule has 1 aliphatic carbocycles. The maximum absolute atomic E-state index is 13.6. The Kier molecular flexibility index (Phi) is 5.62. The largest absolute Gasteiger partial charge is 0.348 e. The second kappa shape index (κ2) is 8.00. The van der Waals surface area contributed by atoms with Gasteiger partial charge >= 0.3 is 0 Å². The Morgan fingerprint density at radius 1 is 1.19 bits per heavy atom. The number of nitrogens with one attached hydrogen (secondary N) is 1. The Labute approximate surface area is 188 Å². The molecule has 8 nitrogen and oxygen atoms in total. The highest BCUT2D eigenvalue weighted by molar-refractivity contribution is 7.92. The molecule has 0 spiro atoms. The van der Waals surface area contributed by atoms with E-state index in [1.165, 1.54) is 40.0 Å². The molecule has 1 aromatic carbocycles. The summed E-state index contributed by atoms with van der Waals surface area (Å²) in [5.74, 6) is -1.70. The smallest absolute Gasteiger partial charge is 0.270 e. The van der Waals surface area contributed by atoms with Crippen LogP contribution in [0.2, 0.25) is 5.02 Å². The van der Waals surface area contributed by atoms with E-state index in [0.717, 1.165) is 0 Å². The van der Waals surface area contributed by atoms with Crippen molar-refractivity contribution in [2.45, 2.75) is 30.7 Å². The van der Waals surface area contributed by atoms with Gasteiger partial charge in [-0.3, -0.25) is 14.4 Å². The highest BCUT2D eigenvalue weighted by Crippen LogP contribution is 2.44. The topological polar surface area (TPSA) is 106 Å². The first-order valence-electron chi connectivity index (χ1n) is 9.97. The van der Waals surface area contributed by atoms with E-state index in [4.69, 9.17) is 11.6 Å². The first kappa shape index (κ1) is 22.5. The Morgan fingerprint density at radius 2 is 1.91 bits per heavy atom. The zero-order valence-corrected chi connectivity index (χ0v) is 18.8. The predicted molar refractivity (Wildman–Crippen MR) is 116 cm³/mol. The molecule has 1 N–H and O–H groups in total. The fraction of sp³-hybridized carbons (Fsp3) is 0.381. The molecule has 170 valence electrons. The lowest BCUT2D eigenvalue weighted by molar-refractivity contribution is 0.0695. The SMILES string of the molecule is CS(=O)(=O)C1(CN2CCn3c(ccc(C(=O)NCc4ccc(Cl)c(F)c4)c3=O)C2=O)CC1. The van der Waals surface area contributed by atoms with Crippen LogP contribution < -0.4 is 10.9 Å². The molecule has 0 atom stereocenters. The Bertz CT molecular complexity index is 1290. The van der Waals surface area contributed by atoms with Crippen LogP contribution in [0.3, 0.4) is 0 Å². The minimum absolute atomic E-state index is 0.00556. The molecule has 2 aromatic rings. The number of benzene rings is 1. The van der Waals surface area contributed by atoms with Gasteiger partial charge < -0.3 is 14.8 Å². The van der Waals surface area contributed by atoms with Gasteiger partial charge in [-0.25, -0.2) is 12.8 Å². The Hall–Kier alpha value is -2.72. The van der Waals surface area contributed by atoms with Gasteiger partial charge in [0, 0.05) is 32.4 Å². The quantitative estimate of drug-likeness (QED) is 0.674. The summed E-state index contributed by atoms with van der Waals surface area (Å²) in [6, 6.07) is 6.79. The van der Waals surface area contributed by atoms with Gasteiger partial charge in [-0.2, -0.15) is 0 Å². The van der Waals surface area contributed by atoms with Crippen molar-refractivity contribution in [1.29, 1.82) is 0 Å². The maximum Gasteiger partial charge on any atom is 0.270 e. The van der Waals surface area contributed by atoms with Crippen LogP contribution in [0.1, 0.15) is 39.3 Å². The van der Waals surface area contributed by atoms with Gasteiger partial charge in [0.1, 0.15) is 17.1 Å². The van der Waals surface area contributed by atoms with E-state index in [-0.39, 0.29) is 42.5 Å². The van der Waals surface area contributed by atoms with Crippen LogP contribution >= 0.6 is 11.6 Å². The summed E-state index contributed by atoms with van der Waals surface area (Å²) in [4.78, 5) is 39.7. The summed E-state index contributed by atoms with van der Waals surface area (Å²) >= 11 is 5.64. The summed E-state index contributed by atoms with van der Waals surface area (Å²) < 4.78 is 38.0. The third-order valence-electron chi connectivity index (χ3n) is 6.03. The molecular weight excluding hydrogens is 461 g/mol. The van der Waals surface area contributed by atoms with Crippen LogP contribution in [-0.4, -0.2) is 53.8 Å². The zero-order chi connectivity index (χ0) is 23.3. The monoisotopic (exact) mass is 481 g/mol. The van der Waals surface area contributed by atoms with E-state index in [1.807, 2.05) is 0 Å². The van der Waals surface area contributed by atoms with Crippen molar-refractivity contribution in [3.8, 4) is 0 Å². The summed E-state index contributed by atoms with van der Waals surface area (Å²) in [6.45, 7) is 0.425. The van der Waals surface area contributed by atoms with E-state index in [0.29, 0.717) is 18.4 Å². The minimum Gasteiger partial charge on any atom is -0.348 e. The molecule has 2 amide bonds. The molecule has 1 aliphatic heterocycles. The van der Waals surface area contributed by atoms with Crippen LogP contribution in [0.15, 0.2) is 35.1 Å². The van der Waals surface area contributed by atoms with Crippen LogP contribution in [0, 0.1) is 5.82 Å². The second-order valence-electron chi connectivity index (χ2n) is 8.20. The van der Waals surface area contributed by atoms with Crippen molar-refractivity contribution in [2.24, 2.45) is 0 Å². The number of rotatable bonds is 6. The molecule has 0 radical (unpaired) electrons. The number of aromatic nitrogens is 1. The number of sulfone groups is 1. The highest BCUT2D eigenvalue weighted by atomic mass is 35.5. The molecule has 0 bridgehead atoms. The molecule has 2 aliphatic rings. The first-order valence-corrected chi connectivity index (χ1v) is 12.2. The lowest BCUT2D eigenvalue weighted by Crippen LogP contribution is -2.49. The lowest BCUT2D eigenvalue weighted by atomic mass is 10.1. The van der Waals surface area contributed by atoms with Gasteiger partial charge in [0.15, 0.2) is 9.84 Å². The van der Waals surface area contributed by atoms with Crippen molar-refractivity contribution >= 4 is 33.3 Å². The fourth-order valence-corrected chi connectivity index (χ4v) is 5.21. The highest BCUT2D eigenvalue weighted by Gasteiger charge is 2.54. The molecule has 0 unspecified atom stereocenters. The van der Waals surface area contributed by atoms with Gasteiger partial charge in [0.25, 0.3) is 17.4 Å². The number of hydrogen-bond acceptors (Lipinski definition) is 5. The minimum atomic E-state index is -3.30. The Morgan fingerprint density at radius 3 is 2.53 bits per heavy atom. The van der Waals surface area contributed by atoms with Crippen LogP contribution in [0.5, 0.6) is 0 Å². The average molecular weight is 482 g/mol. The van der Waals surface area contributed by atoms with E-state index in [2.05, 4.69) is 5.32 Å². The van der Waals surface area contributed by atoms with E-state index in [9.17, 15) is 27.2 Å². The summed E-state index contributed by atoms with van der Waals surface area (Å²) in [6.07, 6.45) is 2.20. The number of amides is 2. The predicted octanol–water partition coefficient (Wildman–Crippen LogP) is 1.60. The molecule has 1 fully saturated rings. The first-order chi connectivity index (χ1) is 15.0. The van der Waals surface area contributed by atoms with Crippen molar-refractivity contribution in [3.05, 3.63) is 68.3 Å². The number of carbonyl (C=O) groups excluding carboxylic acids is 2. The molecule has 32 heavy (non-hydrogen) atoms. The summed E-state index contributed by atoms with van der Waals surface area (Å²) in [5, 5.41) is 2.53. The maximum atomic E-state index is 13.6. The molecule has 11 heteroatoms. The van der Waals surface area contributed by atoms with Gasteiger partial charge in [0.05, 0.1) is 9.77 Å². The van der Waals surface area contributed by atoms with Crippen molar-refractivity contribution < 1.29 is 22.4 Å². The summed E-state index contributed by atoms with van der Waals surface area (Å²) in [7, 11) is -3.30. The van der Waals surface area contributed by atoms with Crippen LogP contribution in [-0.2, 0) is 22.9 Å². The van der Waals surface area contributed by atoms with Gasteiger partial charge in [-0.15, -0.1) is 0 Å². The van der Waals surface area contributed by atoms with Crippen LogP contribution in [0.25, 0.3) is 0 Å². The molecule has 2 heterocycles. The van der Waals surface area contributed by atoms with Crippen molar-refractivity contribution in [3.63, 3.8) is 0 Å². The number of pyridine rings is 1. The third-order valence-corrected chi connectivity index (χ3v) is 8.45.